The fourth-order valence-electron chi connectivity index (χ4n) is 2.17. The highest BCUT2D eigenvalue weighted by Gasteiger charge is 2.14. The molecular weight excluding hydrogens is 242 g/mol. The summed E-state index contributed by atoms with van der Waals surface area (Å²) in [5, 5.41) is 12.6. The van der Waals surface area contributed by atoms with Crippen molar-refractivity contribution in [2.24, 2.45) is 5.92 Å². The van der Waals surface area contributed by atoms with Crippen LogP contribution in [0.15, 0.2) is 12.1 Å². The fourth-order valence-corrected chi connectivity index (χ4v) is 2.17. The topological polar surface area (TPSA) is 50.7 Å². The lowest BCUT2D eigenvalue weighted by molar-refractivity contribution is 0.171. The van der Waals surface area contributed by atoms with Gasteiger partial charge in [0.25, 0.3) is 0 Å². The number of hydrogen-bond donors (Lipinski definition) is 2. The van der Waals surface area contributed by atoms with E-state index in [9.17, 15) is 0 Å². The Morgan fingerprint density at radius 3 is 2.58 bits per heavy atom. The van der Waals surface area contributed by atoms with Gasteiger partial charge in [0.05, 0.1) is 0 Å². The number of ether oxygens (including phenoxy) is 2. The van der Waals surface area contributed by atoms with Crippen LogP contribution in [0.4, 0.5) is 0 Å². The van der Waals surface area contributed by atoms with E-state index >= 15 is 0 Å². The van der Waals surface area contributed by atoms with Crippen LogP contribution in [-0.4, -0.2) is 31.5 Å². The molecule has 4 heteroatoms. The maximum atomic E-state index is 9.16. The third-order valence-corrected chi connectivity index (χ3v) is 3.58. The number of rotatable bonds is 6. The van der Waals surface area contributed by atoms with Gasteiger partial charge in [-0.1, -0.05) is 6.92 Å². The molecule has 1 aromatic carbocycles. The van der Waals surface area contributed by atoms with Crippen LogP contribution in [0.2, 0.25) is 0 Å². The van der Waals surface area contributed by atoms with Gasteiger partial charge in [-0.3, -0.25) is 0 Å². The van der Waals surface area contributed by atoms with E-state index in [-0.39, 0.29) is 6.61 Å². The van der Waals surface area contributed by atoms with Crippen molar-refractivity contribution in [3.63, 3.8) is 0 Å². The van der Waals surface area contributed by atoms with Gasteiger partial charge in [-0.25, -0.2) is 0 Å². The van der Waals surface area contributed by atoms with Crippen LogP contribution >= 0.6 is 0 Å². The molecule has 1 aliphatic rings. The summed E-state index contributed by atoms with van der Waals surface area (Å²) >= 11 is 0. The van der Waals surface area contributed by atoms with Crippen molar-refractivity contribution in [1.82, 2.24) is 5.32 Å². The minimum Gasteiger partial charge on any atom is -0.486 e. The SMILES string of the molecule is CCC(CO)CNCc1cc2c(cc1C)OCCO2. The van der Waals surface area contributed by atoms with E-state index in [1.165, 1.54) is 11.1 Å². The van der Waals surface area contributed by atoms with Gasteiger partial charge < -0.3 is 19.9 Å². The Kier molecular flexibility index (Phi) is 5.05. The number of benzene rings is 1. The molecule has 4 nitrogen and oxygen atoms in total. The lowest BCUT2D eigenvalue weighted by Crippen LogP contribution is -2.25. The summed E-state index contributed by atoms with van der Waals surface area (Å²) in [6.45, 7) is 7.28. The first-order chi connectivity index (χ1) is 9.24. The number of aliphatic hydroxyl groups is 1. The van der Waals surface area contributed by atoms with Crippen molar-refractivity contribution in [2.75, 3.05) is 26.4 Å². The largest absolute Gasteiger partial charge is 0.486 e. The summed E-state index contributed by atoms with van der Waals surface area (Å²) < 4.78 is 11.2. The van der Waals surface area contributed by atoms with Gasteiger partial charge in [-0.05, 0) is 42.5 Å². The zero-order valence-electron chi connectivity index (χ0n) is 11.7. The predicted octanol–water partition coefficient (Wildman–Crippen LogP) is 1.87. The van der Waals surface area contributed by atoms with Crippen molar-refractivity contribution >= 4 is 0 Å². The Morgan fingerprint density at radius 1 is 1.26 bits per heavy atom. The molecule has 0 bridgehead atoms. The first-order valence-electron chi connectivity index (χ1n) is 6.95. The van der Waals surface area contributed by atoms with Crippen LogP contribution in [-0.2, 0) is 6.54 Å². The zero-order chi connectivity index (χ0) is 13.7. The molecule has 1 unspecified atom stereocenters. The number of aliphatic hydroxyl groups excluding tert-OH is 1. The van der Waals surface area contributed by atoms with E-state index in [0.29, 0.717) is 19.1 Å². The predicted molar refractivity (Wildman–Crippen MR) is 74.7 cm³/mol. The summed E-state index contributed by atoms with van der Waals surface area (Å²) in [7, 11) is 0. The molecule has 0 amide bonds. The summed E-state index contributed by atoms with van der Waals surface area (Å²) in [4.78, 5) is 0. The normalized spacial score (nSPS) is 15.3. The average molecular weight is 265 g/mol. The van der Waals surface area contributed by atoms with Crippen molar-refractivity contribution in [1.29, 1.82) is 0 Å². The van der Waals surface area contributed by atoms with E-state index in [1.54, 1.807) is 0 Å². The highest BCUT2D eigenvalue weighted by molar-refractivity contribution is 5.47. The average Bonchev–Trinajstić information content (AvgIpc) is 2.44. The van der Waals surface area contributed by atoms with E-state index in [1.807, 2.05) is 6.07 Å². The second kappa shape index (κ2) is 6.78. The molecule has 2 rings (SSSR count). The second-order valence-electron chi connectivity index (χ2n) is 5.01. The Morgan fingerprint density at radius 2 is 1.95 bits per heavy atom. The number of hydrogen-bond acceptors (Lipinski definition) is 4. The molecule has 2 N–H and O–H groups in total. The molecule has 1 aromatic rings. The van der Waals surface area contributed by atoms with Crippen LogP contribution in [0.1, 0.15) is 24.5 Å². The third-order valence-electron chi connectivity index (χ3n) is 3.58. The lowest BCUT2D eigenvalue weighted by Gasteiger charge is -2.21. The lowest BCUT2D eigenvalue weighted by atomic mass is 10.1. The Labute approximate surface area is 114 Å². The Hall–Kier alpha value is -1.26. The van der Waals surface area contributed by atoms with E-state index in [4.69, 9.17) is 14.6 Å². The first kappa shape index (κ1) is 14.2. The Balaban J connectivity index is 1.96. The first-order valence-corrected chi connectivity index (χ1v) is 6.95. The summed E-state index contributed by atoms with van der Waals surface area (Å²) in [5.41, 5.74) is 2.42. The van der Waals surface area contributed by atoms with Gasteiger partial charge in [0, 0.05) is 19.7 Å². The minimum absolute atomic E-state index is 0.240. The summed E-state index contributed by atoms with van der Waals surface area (Å²) in [6, 6.07) is 4.09. The van der Waals surface area contributed by atoms with Crippen LogP contribution in [0.5, 0.6) is 11.5 Å². The summed E-state index contributed by atoms with van der Waals surface area (Å²) in [6.07, 6.45) is 0.990. The zero-order valence-corrected chi connectivity index (χ0v) is 11.7. The minimum atomic E-state index is 0.240. The van der Waals surface area contributed by atoms with E-state index in [2.05, 4.69) is 25.2 Å². The molecule has 1 heterocycles. The van der Waals surface area contributed by atoms with Gasteiger partial charge in [0.15, 0.2) is 11.5 Å². The van der Waals surface area contributed by atoms with Gasteiger partial charge in [-0.2, -0.15) is 0 Å². The molecule has 0 fully saturated rings. The molecule has 0 spiro atoms. The van der Waals surface area contributed by atoms with Crippen LogP contribution < -0.4 is 14.8 Å². The van der Waals surface area contributed by atoms with Gasteiger partial charge >= 0.3 is 0 Å². The molecular formula is C15H23NO3. The number of fused-ring (bicyclic) bond motifs is 1. The smallest absolute Gasteiger partial charge is 0.161 e. The Bertz CT molecular complexity index is 416. The van der Waals surface area contributed by atoms with Gasteiger partial charge in [0.1, 0.15) is 13.2 Å². The van der Waals surface area contributed by atoms with E-state index < -0.39 is 0 Å². The van der Waals surface area contributed by atoms with Crippen molar-refractivity contribution in [2.45, 2.75) is 26.8 Å². The molecule has 0 radical (unpaired) electrons. The van der Waals surface area contributed by atoms with Crippen LogP contribution in [0.3, 0.4) is 0 Å². The van der Waals surface area contributed by atoms with Crippen molar-refractivity contribution in [3.05, 3.63) is 23.3 Å². The highest BCUT2D eigenvalue weighted by Crippen LogP contribution is 2.32. The molecule has 1 atom stereocenters. The molecule has 19 heavy (non-hydrogen) atoms. The van der Waals surface area contributed by atoms with Crippen LogP contribution in [0.25, 0.3) is 0 Å². The molecule has 0 aliphatic carbocycles. The van der Waals surface area contributed by atoms with Crippen molar-refractivity contribution < 1.29 is 14.6 Å². The quantitative estimate of drug-likeness (QED) is 0.824. The number of nitrogens with one attached hydrogen (secondary N) is 1. The molecule has 1 aliphatic heterocycles. The van der Waals surface area contributed by atoms with Crippen molar-refractivity contribution in [3.8, 4) is 11.5 Å². The second-order valence-corrected chi connectivity index (χ2v) is 5.01. The van der Waals surface area contributed by atoms with E-state index in [0.717, 1.165) is 31.0 Å². The summed E-state index contributed by atoms with van der Waals surface area (Å²) in [5.74, 6) is 2.01. The van der Waals surface area contributed by atoms with Gasteiger partial charge in [0.2, 0.25) is 0 Å². The monoisotopic (exact) mass is 265 g/mol. The maximum absolute atomic E-state index is 9.16. The highest BCUT2D eigenvalue weighted by atomic mass is 16.6. The standard InChI is InChI=1S/C15H23NO3/c1-3-12(10-17)8-16-9-13-7-15-14(6-11(13)2)18-4-5-19-15/h6-7,12,16-17H,3-5,8-10H2,1-2H3. The van der Waals surface area contributed by atoms with Crippen LogP contribution in [0, 0.1) is 12.8 Å². The molecule has 106 valence electrons. The molecule has 0 saturated heterocycles. The fraction of sp³-hybridized carbons (Fsp3) is 0.600. The number of aryl methyl sites for hydroxylation is 1. The third kappa shape index (κ3) is 3.61. The molecule has 0 aromatic heterocycles. The van der Waals surface area contributed by atoms with Gasteiger partial charge in [-0.15, -0.1) is 0 Å². The maximum Gasteiger partial charge on any atom is 0.161 e. The molecule has 0 saturated carbocycles.